The fraction of sp³-hybridized carbons (Fsp3) is 0.625. The Labute approximate surface area is 193 Å². The van der Waals surface area contributed by atoms with Crippen molar-refractivity contribution in [3.63, 3.8) is 0 Å². The number of nitrogens with two attached hydrogens (primary N) is 1. The van der Waals surface area contributed by atoms with Gasteiger partial charge < -0.3 is 25.2 Å². The molecule has 9 nitrogen and oxygen atoms in total. The normalized spacial score (nSPS) is 25.8. The van der Waals surface area contributed by atoms with E-state index in [0.29, 0.717) is 36.1 Å². The summed E-state index contributed by atoms with van der Waals surface area (Å²) in [6.45, 7) is 6.37. The average molecular weight is 460 g/mol. The van der Waals surface area contributed by atoms with Crippen LogP contribution in [0.4, 0.5) is 5.69 Å². The van der Waals surface area contributed by atoms with Gasteiger partial charge in [-0.05, 0) is 64.3 Å². The quantitative estimate of drug-likeness (QED) is 0.507. The third kappa shape index (κ3) is 4.93. The Morgan fingerprint density at radius 1 is 1.24 bits per heavy atom. The van der Waals surface area contributed by atoms with Crippen LogP contribution in [0.15, 0.2) is 18.2 Å². The first-order valence-corrected chi connectivity index (χ1v) is 11.6. The molecule has 180 valence electrons. The minimum atomic E-state index is -1.09. The smallest absolute Gasteiger partial charge is 0.341 e. The molecule has 3 N–H and O–H groups in total. The molecule has 1 spiro atoms. The number of aliphatic carboxylic acids is 1. The number of cyclic esters (lactones) is 1. The van der Waals surface area contributed by atoms with E-state index < -0.39 is 23.6 Å². The largest absolute Gasteiger partial charge is 0.482 e. The topological polar surface area (TPSA) is 122 Å². The minimum absolute atomic E-state index is 0.0645. The van der Waals surface area contributed by atoms with Crippen LogP contribution < -0.4 is 10.5 Å². The molecule has 9 heteroatoms. The SMILES string of the molecule is CC1(C)CC2(CCCN(C3CCN(C(=O)c4cc(OCC(=O)O)ccc4N)CC3)C2)C(=O)O1. The van der Waals surface area contributed by atoms with Gasteiger partial charge in [0.05, 0.1) is 11.0 Å². The van der Waals surface area contributed by atoms with Crippen molar-refractivity contribution in [2.24, 2.45) is 5.41 Å². The number of hydrogen-bond donors (Lipinski definition) is 2. The summed E-state index contributed by atoms with van der Waals surface area (Å²) in [7, 11) is 0. The Kier molecular flexibility index (Phi) is 6.26. The van der Waals surface area contributed by atoms with E-state index in [1.807, 2.05) is 13.8 Å². The molecule has 3 aliphatic heterocycles. The maximum atomic E-state index is 13.1. The number of amides is 1. The molecule has 3 fully saturated rings. The molecule has 0 aromatic heterocycles. The molecule has 0 saturated carbocycles. The zero-order valence-corrected chi connectivity index (χ0v) is 19.3. The first-order valence-electron chi connectivity index (χ1n) is 11.6. The van der Waals surface area contributed by atoms with Crippen LogP contribution in [0.25, 0.3) is 0 Å². The van der Waals surface area contributed by atoms with Gasteiger partial charge in [-0.25, -0.2) is 4.79 Å². The summed E-state index contributed by atoms with van der Waals surface area (Å²) in [6, 6.07) is 4.95. The predicted molar refractivity (Wildman–Crippen MR) is 121 cm³/mol. The highest BCUT2D eigenvalue weighted by atomic mass is 16.6. The summed E-state index contributed by atoms with van der Waals surface area (Å²) in [5, 5.41) is 8.80. The molecule has 1 aromatic rings. The number of carboxylic acid groups (broad SMARTS) is 1. The van der Waals surface area contributed by atoms with Crippen molar-refractivity contribution in [2.75, 3.05) is 38.5 Å². The van der Waals surface area contributed by atoms with Gasteiger partial charge in [0, 0.05) is 37.8 Å². The zero-order valence-electron chi connectivity index (χ0n) is 19.3. The second kappa shape index (κ2) is 8.85. The number of piperidine rings is 2. The zero-order chi connectivity index (χ0) is 23.8. The van der Waals surface area contributed by atoms with Crippen LogP contribution in [-0.2, 0) is 14.3 Å². The van der Waals surface area contributed by atoms with E-state index in [1.54, 1.807) is 17.0 Å². The fourth-order valence-electron chi connectivity index (χ4n) is 5.63. The number of hydrogen-bond acceptors (Lipinski definition) is 7. The standard InChI is InChI=1S/C24H33N3O6/c1-23(2)14-24(22(31)33-23)8-3-9-27(15-24)16-6-10-26(11-7-16)21(30)18-12-17(4-5-19(18)25)32-13-20(28)29/h4-5,12,16H,3,6-11,13-15,25H2,1-2H3,(H,28,29). The number of likely N-dealkylation sites (tertiary alicyclic amines) is 2. The van der Waals surface area contributed by atoms with Crippen molar-refractivity contribution < 1.29 is 29.0 Å². The van der Waals surface area contributed by atoms with Crippen molar-refractivity contribution in [2.45, 2.75) is 57.6 Å². The van der Waals surface area contributed by atoms with Gasteiger partial charge in [-0.1, -0.05) is 0 Å². The monoisotopic (exact) mass is 459 g/mol. The predicted octanol–water partition coefficient (Wildman–Crippen LogP) is 2.14. The van der Waals surface area contributed by atoms with Crippen molar-refractivity contribution in [1.82, 2.24) is 9.80 Å². The van der Waals surface area contributed by atoms with Crippen LogP contribution >= 0.6 is 0 Å². The maximum Gasteiger partial charge on any atom is 0.341 e. The molecule has 1 atom stereocenters. The molecule has 0 bridgehead atoms. The van der Waals surface area contributed by atoms with Crippen LogP contribution in [0.1, 0.15) is 56.3 Å². The lowest BCUT2D eigenvalue weighted by Crippen LogP contribution is -2.53. The van der Waals surface area contributed by atoms with E-state index in [2.05, 4.69) is 4.90 Å². The second-order valence-electron chi connectivity index (χ2n) is 10.1. The molecule has 0 radical (unpaired) electrons. The molecule has 3 heterocycles. The highest BCUT2D eigenvalue weighted by Gasteiger charge is 2.54. The third-order valence-corrected chi connectivity index (χ3v) is 7.06. The number of nitrogen functional groups attached to an aromatic ring is 1. The molecular formula is C24H33N3O6. The maximum absolute atomic E-state index is 13.1. The molecule has 1 amide bonds. The highest BCUT2D eigenvalue weighted by Crippen LogP contribution is 2.46. The Hall–Kier alpha value is -2.81. The van der Waals surface area contributed by atoms with E-state index in [4.69, 9.17) is 20.3 Å². The highest BCUT2D eigenvalue weighted by molar-refractivity contribution is 5.99. The first-order chi connectivity index (χ1) is 15.6. The average Bonchev–Trinajstić information content (AvgIpc) is 2.99. The van der Waals surface area contributed by atoms with Gasteiger partial charge in [-0.15, -0.1) is 0 Å². The van der Waals surface area contributed by atoms with E-state index in [0.717, 1.165) is 45.2 Å². The Balaban J connectivity index is 1.37. The summed E-state index contributed by atoms with van der Waals surface area (Å²) >= 11 is 0. The molecule has 3 saturated heterocycles. The van der Waals surface area contributed by atoms with Crippen molar-refractivity contribution >= 4 is 23.5 Å². The van der Waals surface area contributed by atoms with Gasteiger partial charge in [0.25, 0.3) is 5.91 Å². The lowest BCUT2D eigenvalue weighted by Gasteiger charge is -2.44. The summed E-state index contributed by atoms with van der Waals surface area (Å²) in [5.74, 6) is -1.03. The van der Waals surface area contributed by atoms with E-state index in [-0.39, 0.29) is 11.9 Å². The van der Waals surface area contributed by atoms with Crippen molar-refractivity contribution in [3.8, 4) is 5.75 Å². The lowest BCUT2D eigenvalue weighted by atomic mass is 9.74. The molecule has 4 rings (SSSR count). The van der Waals surface area contributed by atoms with Crippen LogP contribution in [0.2, 0.25) is 0 Å². The number of nitrogens with zero attached hydrogens (tertiary/aromatic N) is 2. The Morgan fingerprint density at radius 2 is 1.97 bits per heavy atom. The van der Waals surface area contributed by atoms with Gasteiger partial charge in [0.2, 0.25) is 0 Å². The van der Waals surface area contributed by atoms with E-state index in [9.17, 15) is 14.4 Å². The fourth-order valence-corrected chi connectivity index (χ4v) is 5.63. The number of esters is 1. The molecular weight excluding hydrogens is 426 g/mol. The number of rotatable bonds is 5. The summed E-state index contributed by atoms with van der Waals surface area (Å²) in [5.41, 5.74) is 5.88. The summed E-state index contributed by atoms with van der Waals surface area (Å²) < 4.78 is 10.8. The lowest BCUT2D eigenvalue weighted by molar-refractivity contribution is -0.154. The van der Waals surface area contributed by atoms with Gasteiger partial charge in [-0.3, -0.25) is 14.5 Å². The van der Waals surface area contributed by atoms with Gasteiger partial charge in [0.15, 0.2) is 6.61 Å². The number of carboxylic acids is 1. The number of anilines is 1. The number of carbonyl (C=O) groups excluding carboxylic acids is 2. The minimum Gasteiger partial charge on any atom is -0.482 e. The molecule has 3 aliphatic rings. The van der Waals surface area contributed by atoms with Gasteiger partial charge in [-0.2, -0.15) is 0 Å². The molecule has 1 aromatic carbocycles. The third-order valence-electron chi connectivity index (χ3n) is 7.06. The molecule has 33 heavy (non-hydrogen) atoms. The molecule has 0 aliphatic carbocycles. The van der Waals surface area contributed by atoms with Crippen LogP contribution in [-0.4, -0.2) is 77.2 Å². The first kappa shape index (κ1) is 23.4. The Bertz CT molecular complexity index is 940. The number of benzene rings is 1. The summed E-state index contributed by atoms with van der Waals surface area (Å²) in [6.07, 6.45) is 4.27. The van der Waals surface area contributed by atoms with E-state index in [1.165, 1.54) is 6.07 Å². The van der Waals surface area contributed by atoms with Crippen LogP contribution in [0.5, 0.6) is 5.75 Å². The van der Waals surface area contributed by atoms with Crippen molar-refractivity contribution in [3.05, 3.63) is 23.8 Å². The van der Waals surface area contributed by atoms with Gasteiger partial charge in [0.1, 0.15) is 11.4 Å². The Morgan fingerprint density at radius 3 is 2.61 bits per heavy atom. The van der Waals surface area contributed by atoms with E-state index >= 15 is 0 Å². The number of ether oxygens (including phenoxy) is 2. The molecule has 1 unspecified atom stereocenters. The summed E-state index contributed by atoms with van der Waals surface area (Å²) in [4.78, 5) is 40.7. The van der Waals surface area contributed by atoms with Gasteiger partial charge >= 0.3 is 11.9 Å². The van der Waals surface area contributed by atoms with Crippen molar-refractivity contribution in [1.29, 1.82) is 0 Å². The number of carbonyl (C=O) groups is 3. The van der Waals surface area contributed by atoms with Crippen LogP contribution in [0.3, 0.4) is 0 Å². The second-order valence-corrected chi connectivity index (χ2v) is 10.1. The van der Waals surface area contributed by atoms with Crippen LogP contribution in [0, 0.1) is 5.41 Å².